The molecule has 1 aliphatic rings. The van der Waals surface area contributed by atoms with Crippen molar-refractivity contribution in [3.63, 3.8) is 0 Å². The zero-order chi connectivity index (χ0) is 14.5. The molecule has 108 valence electrons. The van der Waals surface area contributed by atoms with Crippen molar-refractivity contribution in [2.75, 3.05) is 17.7 Å². The molecule has 5 heteroatoms. The summed E-state index contributed by atoms with van der Waals surface area (Å²) < 4.78 is 0. The maximum absolute atomic E-state index is 12.5. The van der Waals surface area contributed by atoms with Gasteiger partial charge in [0.25, 0.3) is 5.91 Å². The SMILES string of the molecule is CC1CCCCN1C(=O)c1cccc(NC(=O)CCl)c1. The third-order valence-electron chi connectivity index (χ3n) is 3.58. The Labute approximate surface area is 124 Å². The van der Waals surface area contributed by atoms with Crippen molar-refractivity contribution in [1.29, 1.82) is 0 Å². The molecule has 1 N–H and O–H groups in total. The maximum atomic E-state index is 12.5. The predicted molar refractivity (Wildman–Crippen MR) is 80.1 cm³/mol. The maximum Gasteiger partial charge on any atom is 0.254 e. The molecule has 1 heterocycles. The van der Waals surface area contributed by atoms with Crippen LogP contribution in [0.2, 0.25) is 0 Å². The Bertz CT molecular complexity index is 504. The normalized spacial score (nSPS) is 18.7. The van der Waals surface area contributed by atoms with Crippen molar-refractivity contribution in [1.82, 2.24) is 4.90 Å². The molecule has 0 aliphatic carbocycles. The lowest BCUT2D eigenvalue weighted by molar-refractivity contribution is -0.113. The summed E-state index contributed by atoms with van der Waals surface area (Å²) in [6.45, 7) is 2.88. The van der Waals surface area contributed by atoms with E-state index < -0.39 is 0 Å². The number of piperidine rings is 1. The quantitative estimate of drug-likeness (QED) is 0.872. The number of carbonyl (C=O) groups excluding carboxylic acids is 2. The van der Waals surface area contributed by atoms with Gasteiger partial charge in [-0.05, 0) is 44.4 Å². The molecule has 2 rings (SSSR count). The van der Waals surface area contributed by atoms with Crippen LogP contribution < -0.4 is 5.32 Å². The monoisotopic (exact) mass is 294 g/mol. The van der Waals surface area contributed by atoms with Gasteiger partial charge in [-0.1, -0.05) is 6.07 Å². The summed E-state index contributed by atoms with van der Waals surface area (Å²) in [5, 5.41) is 2.66. The van der Waals surface area contributed by atoms with Crippen LogP contribution in [0.3, 0.4) is 0 Å². The van der Waals surface area contributed by atoms with E-state index in [0.29, 0.717) is 11.3 Å². The number of amides is 2. The molecule has 4 nitrogen and oxygen atoms in total. The summed E-state index contributed by atoms with van der Waals surface area (Å²) >= 11 is 5.46. The summed E-state index contributed by atoms with van der Waals surface area (Å²) in [5.74, 6) is -0.344. The van der Waals surface area contributed by atoms with Crippen molar-refractivity contribution in [3.8, 4) is 0 Å². The van der Waals surface area contributed by atoms with E-state index in [9.17, 15) is 9.59 Å². The van der Waals surface area contributed by atoms with Gasteiger partial charge < -0.3 is 10.2 Å². The summed E-state index contributed by atoms with van der Waals surface area (Å²) in [6.07, 6.45) is 3.28. The Balaban J connectivity index is 2.13. The predicted octanol–water partition coefficient (Wildman–Crippen LogP) is 2.88. The second-order valence-corrected chi connectivity index (χ2v) is 5.37. The van der Waals surface area contributed by atoms with Crippen LogP contribution in [-0.4, -0.2) is 35.2 Å². The minimum Gasteiger partial charge on any atom is -0.336 e. The number of hydrogen-bond acceptors (Lipinski definition) is 2. The number of rotatable bonds is 3. The average molecular weight is 295 g/mol. The Kier molecular flexibility index (Phi) is 5.01. The third-order valence-corrected chi connectivity index (χ3v) is 3.82. The molecule has 20 heavy (non-hydrogen) atoms. The van der Waals surface area contributed by atoms with Gasteiger partial charge in [-0.25, -0.2) is 0 Å². The highest BCUT2D eigenvalue weighted by Crippen LogP contribution is 2.20. The molecule has 1 unspecified atom stereocenters. The molecule has 0 radical (unpaired) electrons. The van der Waals surface area contributed by atoms with E-state index in [1.807, 2.05) is 4.90 Å². The molecule has 1 aromatic carbocycles. The number of nitrogens with zero attached hydrogens (tertiary/aromatic N) is 1. The van der Waals surface area contributed by atoms with Crippen molar-refractivity contribution in [2.24, 2.45) is 0 Å². The van der Waals surface area contributed by atoms with Crippen molar-refractivity contribution < 1.29 is 9.59 Å². The summed E-state index contributed by atoms with van der Waals surface area (Å²) in [5.41, 5.74) is 1.21. The Morgan fingerprint density at radius 1 is 1.40 bits per heavy atom. The fraction of sp³-hybridized carbons (Fsp3) is 0.467. The second kappa shape index (κ2) is 6.75. The number of anilines is 1. The minimum absolute atomic E-state index is 0.0270. The molecule has 1 aliphatic heterocycles. The van der Waals surface area contributed by atoms with Crippen LogP contribution in [0.5, 0.6) is 0 Å². The van der Waals surface area contributed by atoms with Gasteiger partial charge in [0.1, 0.15) is 5.88 Å². The van der Waals surface area contributed by atoms with Crippen LogP contribution in [0, 0.1) is 0 Å². The van der Waals surface area contributed by atoms with E-state index in [-0.39, 0.29) is 23.7 Å². The van der Waals surface area contributed by atoms with Crippen molar-refractivity contribution in [2.45, 2.75) is 32.2 Å². The van der Waals surface area contributed by atoms with Gasteiger partial charge in [-0.15, -0.1) is 11.6 Å². The van der Waals surface area contributed by atoms with Gasteiger partial charge in [0.05, 0.1) is 0 Å². The molecule has 0 bridgehead atoms. The average Bonchev–Trinajstić information content (AvgIpc) is 2.47. The third kappa shape index (κ3) is 3.51. The first-order chi connectivity index (χ1) is 9.61. The van der Waals surface area contributed by atoms with Crippen LogP contribution in [0.4, 0.5) is 5.69 Å². The number of hydrogen-bond donors (Lipinski definition) is 1. The zero-order valence-corrected chi connectivity index (χ0v) is 12.3. The van der Waals surface area contributed by atoms with Crippen LogP contribution in [0.25, 0.3) is 0 Å². The number of alkyl halides is 1. The smallest absolute Gasteiger partial charge is 0.254 e. The molecule has 0 spiro atoms. The fourth-order valence-corrected chi connectivity index (χ4v) is 2.56. The van der Waals surface area contributed by atoms with Crippen molar-refractivity contribution in [3.05, 3.63) is 29.8 Å². The van der Waals surface area contributed by atoms with E-state index in [1.165, 1.54) is 6.42 Å². The highest BCUT2D eigenvalue weighted by Gasteiger charge is 2.24. The molecular weight excluding hydrogens is 276 g/mol. The van der Waals surface area contributed by atoms with E-state index in [0.717, 1.165) is 19.4 Å². The molecule has 1 saturated heterocycles. The van der Waals surface area contributed by atoms with Gasteiger partial charge in [0, 0.05) is 23.8 Å². The van der Waals surface area contributed by atoms with Gasteiger partial charge >= 0.3 is 0 Å². The topological polar surface area (TPSA) is 49.4 Å². The lowest BCUT2D eigenvalue weighted by atomic mass is 10.0. The van der Waals surface area contributed by atoms with Crippen LogP contribution >= 0.6 is 11.6 Å². The van der Waals surface area contributed by atoms with Gasteiger partial charge in [-0.3, -0.25) is 9.59 Å². The van der Waals surface area contributed by atoms with Gasteiger partial charge in [-0.2, -0.15) is 0 Å². The van der Waals surface area contributed by atoms with Gasteiger partial charge in [0.2, 0.25) is 5.91 Å². The first-order valence-electron chi connectivity index (χ1n) is 6.88. The number of likely N-dealkylation sites (tertiary alicyclic amines) is 1. The molecule has 1 fully saturated rings. The molecule has 1 aromatic rings. The molecule has 2 amide bonds. The summed E-state index contributed by atoms with van der Waals surface area (Å²) in [4.78, 5) is 25.7. The molecule has 0 saturated carbocycles. The Morgan fingerprint density at radius 2 is 2.20 bits per heavy atom. The highest BCUT2D eigenvalue weighted by atomic mass is 35.5. The fourth-order valence-electron chi connectivity index (χ4n) is 2.49. The van der Waals surface area contributed by atoms with E-state index in [4.69, 9.17) is 11.6 Å². The summed E-state index contributed by atoms with van der Waals surface area (Å²) in [7, 11) is 0. The van der Waals surface area contributed by atoms with E-state index >= 15 is 0 Å². The lowest BCUT2D eigenvalue weighted by Crippen LogP contribution is -2.42. The van der Waals surface area contributed by atoms with Crippen LogP contribution in [0.1, 0.15) is 36.5 Å². The first-order valence-corrected chi connectivity index (χ1v) is 7.42. The molecular formula is C15H19ClN2O2. The number of benzene rings is 1. The Hall–Kier alpha value is -1.55. The number of halogens is 1. The zero-order valence-electron chi connectivity index (χ0n) is 11.6. The second-order valence-electron chi connectivity index (χ2n) is 5.11. The molecule has 1 atom stereocenters. The standard InChI is InChI=1S/C15H19ClN2O2/c1-11-5-2-3-8-18(11)15(20)12-6-4-7-13(9-12)17-14(19)10-16/h4,6-7,9,11H,2-3,5,8,10H2,1H3,(H,17,19). The molecule has 0 aromatic heterocycles. The highest BCUT2D eigenvalue weighted by molar-refractivity contribution is 6.29. The lowest BCUT2D eigenvalue weighted by Gasteiger charge is -2.33. The first kappa shape index (κ1) is 14.9. The number of carbonyl (C=O) groups is 2. The van der Waals surface area contributed by atoms with Crippen LogP contribution in [0.15, 0.2) is 24.3 Å². The Morgan fingerprint density at radius 3 is 2.90 bits per heavy atom. The van der Waals surface area contributed by atoms with Crippen molar-refractivity contribution >= 4 is 29.1 Å². The van der Waals surface area contributed by atoms with Crippen LogP contribution in [-0.2, 0) is 4.79 Å². The number of nitrogens with one attached hydrogen (secondary N) is 1. The van der Waals surface area contributed by atoms with Gasteiger partial charge in [0.15, 0.2) is 0 Å². The van der Waals surface area contributed by atoms with E-state index in [2.05, 4.69) is 12.2 Å². The summed E-state index contributed by atoms with van der Waals surface area (Å²) in [6, 6.07) is 7.28. The van der Waals surface area contributed by atoms with E-state index in [1.54, 1.807) is 24.3 Å². The minimum atomic E-state index is -0.275. The largest absolute Gasteiger partial charge is 0.336 e.